The first-order valence-electron chi connectivity index (χ1n) is 6.83. The van der Waals surface area contributed by atoms with E-state index in [0.29, 0.717) is 5.92 Å². The Hall–Kier alpha value is -0.770. The Morgan fingerprint density at radius 2 is 2.16 bits per heavy atom. The van der Waals surface area contributed by atoms with E-state index >= 15 is 0 Å². The van der Waals surface area contributed by atoms with Gasteiger partial charge in [0.2, 0.25) is 0 Å². The molecule has 1 aromatic rings. The van der Waals surface area contributed by atoms with Crippen molar-refractivity contribution in [2.75, 3.05) is 20.8 Å². The van der Waals surface area contributed by atoms with Crippen LogP contribution in [0.1, 0.15) is 31.4 Å². The Bertz CT molecular complexity index is 421. The summed E-state index contributed by atoms with van der Waals surface area (Å²) < 4.78 is 11.4. The standard InChI is InChI=1S/C15H22ClNO2/c1-4-19-15(10-5-6-10)14(17-2)12-9-11(16)7-8-13(12)18-3/h7-10,14-15,17H,4-6H2,1-3H3. The molecular formula is C15H22ClNO2. The van der Waals surface area contributed by atoms with Gasteiger partial charge in [0.25, 0.3) is 0 Å². The molecule has 1 aliphatic carbocycles. The first kappa shape index (κ1) is 14.6. The lowest BCUT2D eigenvalue weighted by molar-refractivity contribution is 0.0199. The number of hydrogen-bond donors (Lipinski definition) is 1. The quantitative estimate of drug-likeness (QED) is 0.832. The maximum absolute atomic E-state index is 6.13. The molecule has 1 saturated carbocycles. The van der Waals surface area contributed by atoms with Crippen LogP contribution in [-0.2, 0) is 4.74 Å². The van der Waals surface area contributed by atoms with Crippen LogP contribution in [0.15, 0.2) is 18.2 Å². The topological polar surface area (TPSA) is 30.5 Å². The predicted octanol–water partition coefficient (Wildman–Crippen LogP) is 3.42. The Kier molecular flexibility index (Phi) is 5.08. The van der Waals surface area contributed by atoms with Crippen LogP contribution in [0.4, 0.5) is 0 Å². The van der Waals surface area contributed by atoms with Gasteiger partial charge in [-0.15, -0.1) is 0 Å². The van der Waals surface area contributed by atoms with E-state index in [-0.39, 0.29) is 12.1 Å². The van der Waals surface area contributed by atoms with E-state index in [9.17, 15) is 0 Å². The van der Waals surface area contributed by atoms with Gasteiger partial charge < -0.3 is 14.8 Å². The molecule has 1 aromatic carbocycles. The molecule has 106 valence electrons. The summed E-state index contributed by atoms with van der Waals surface area (Å²) in [6.07, 6.45) is 2.67. The van der Waals surface area contributed by atoms with Crippen LogP contribution in [0.3, 0.4) is 0 Å². The summed E-state index contributed by atoms with van der Waals surface area (Å²) in [7, 11) is 3.64. The summed E-state index contributed by atoms with van der Waals surface area (Å²) >= 11 is 6.13. The van der Waals surface area contributed by atoms with Gasteiger partial charge in [0.1, 0.15) is 5.75 Å². The van der Waals surface area contributed by atoms with Crippen LogP contribution in [0.5, 0.6) is 5.75 Å². The van der Waals surface area contributed by atoms with Gasteiger partial charge in [-0.3, -0.25) is 0 Å². The average molecular weight is 284 g/mol. The lowest BCUT2D eigenvalue weighted by Gasteiger charge is -2.28. The Labute approximate surface area is 120 Å². The molecule has 2 atom stereocenters. The molecule has 3 nitrogen and oxygen atoms in total. The second-order valence-corrected chi connectivity index (χ2v) is 5.35. The van der Waals surface area contributed by atoms with Crippen LogP contribution >= 0.6 is 11.6 Å². The SMILES string of the molecule is CCOC(C1CC1)C(NC)c1cc(Cl)ccc1OC. The van der Waals surface area contributed by atoms with Crippen molar-refractivity contribution in [1.82, 2.24) is 5.32 Å². The van der Waals surface area contributed by atoms with Crippen molar-refractivity contribution in [1.29, 1.82) is 0 Å². The van der Waals surface area contributed by atoms with E-state index < -0.39 is 0 Å². The minimum absolute atomic E-state index is 0.112. The first-order valence-corrected chi connectivity index (χ1v) is 7.21. The zero-order valence-corrected chi connectivity index (χ0v) is 12.5. The van der Waals surface area contributed by atoms with Gasteiger partial charge in [0.05, 0.1) is 19.3 Å². The molecule has 0 spiro atoms. The molecule has 0 bridgehead atoms. The lowest BCUT2D eigenvalue weighted by atomic mass is 9.97. The van der Waals surface area contributed by atoms with Crippen molar-refractivity contribution in [2.24, 2.45) is 5.92 Å². The summed E-state index contributed by atoms with van der Waals surface area (Å²) in [4.78, 5) is 0. The van der Waals surface area contributed by atoms with Gasteiger partial charge in [-0.2, -0.15) is 0 Å². The number of nitrogens with one attached hydrogen (secondary N) is 1. The van der Waals surface area contributed by atoms with Gasteiger partial charge in [-0.05, 0) is 50.9 Å². The smallest absolute Gasteiger partial charge is 0.123 e. The van der Waals surface area contributed by atoms with Crippen molar-refractivity contribution in [2.45, 2.75) is 31.9 Å². The molecule has 2 rings (SSSR count). The summed E-state index contributed by atoms with van der Waals surface area (Å²) in [6.45, 7) is 2.76. The number of rotatable bonds is 7. The number of benzene rings is 1. The number of halogens is 1. The van der Waals surface area contributed by atoms with Crippen LogP contribution in [-0.4, -0.2) is 26.9 Å². The fraction of sp³-hybridized carbons (Fsp3) is 0.600. The van der Waals surface area contributed by atoms with Crippen molar-refractivity contribution in [3.63, 3.8) is 0 Å². The lowest BCUT2D eigenvalue weighted by Crippen LogP contribution is -2.33. The molecule has 1 aliphatic rings. The fourth-order valence-electron chi connectivity index (χ4n) is 2.57. The summed E-state index contributed by atoms with van der Waals surface area (Å²) in [5, 5.41) is 4.09. The van der Waals surface area contributed by atoms with E-state index in [1.165, 1.54) is 12.8 Å². The van der Waals surface area contributed by atoms with Gasteiger partial charge in [-0.1, -0.05) is 11.6 Å². The highest BCUT2D eigenvalue weighted by molar-refractivity contribution is 6.30. The number of likely N-dealkylation sites (N-methyl/N-ethyl adjacent to an activating group) is 1. The molecule has 0 radical (unpaired) electrons. The third-order valence-electron chi connectivity index (χ3n) is 3.61. The third-order valence-corrected chi connectivity index (χ3v) is 3.85. The largest absolute Gasteiger partial charge is 0.496 e. The van der Waals surface area contributed by atoms with Crippen LogP contribution in [0.2, 0.25) is 5.02 Å². The van der Waals surface area contributed by atoms with Crippen LogP contribution < -0.4 is 10.1 Å². The highest BCUT2D eigenvalue weighted by Crippen LogP contribution is 2.42. The normalized spacial score (nSPS) is 18.1. The van der Waals surface area contributed by atoms with Crippen molar-refractivity contribution < 1.29 is 9.47 Å². The molecule has 19 heavy (non-hydrogen) atoms. The minimum Gasteiger partial charge on any atom is -0.496 e. The fourth-order valence-corrected chi connectivity index (χ4v) is 2.75. The zero-order valence-electron chi connectivity index (χ0n) is 11.8. The molecule has 0 saturated heterocycles. The van der Waals surface area contributed by atoms with Crippen LogP contribution in [0, 0.1) is 5.92 Å². The monoisotopic (exact) mass is 283 g/mol. The molecule has 2 unspecified atom stereocenters. The van der Waals surface area contributed by atoms with Crippen molar-refractivity contribution >= 4 is 11.6 Å². The van der Waals surface area contributed by atoms with E-state index in [4.69, 9.17) is 21.1 Å². The zero-order chi connectivity index (χ0) is 13.8. The first-order chi connectivity index (χ1) is 9.21. The molecule has 0 heterocycles. The van der Waals surface area contributed by atoms with Crippen molar-refractivity contribution in [3.8, 4) is 5.75 Å². The maximum atomic E-state index is 6.13. The number of ether oxygens (including phenoxy) is 2. The average Bonchev–Trinajstić information content (AvgIpc) is 3.23. The second kappa shape index (κ2) is 6.60. The van der Waals surface area contributed by atoms with E-state index in [1.54, 1.807) is 7.11 Å². The summed E-state index contributed by atoms with van der Waals surface area (Å²) in [5.41, 5.74) is 1.07. The van der Waals surface area contributed by atoms with E-state index in [0.717, 1.165) is 22.9 Å². The summed E-state index contributed by atoms with van der Waals surface area (Å²) in [5.74, 6) is 1.50. The number of hydrogen-bond acceptors (Lipinski definition) is 3. The summed E-state index contributed by atoms with van der Waals surface area (Å²) in [6, 6.07) is 5.85. The molecule has 4 heteroatoms. The Morgan fingerprint density at radius 3 is 2.68 bits per heavy atom. The van der Waals surface area contributed by atoms with Crippen LogP contribution in [0.25, 0.3) is 0 Å². The Balaban J connectivity index is 2.31. The molecule has 0 aliphatic heterocycles. The molecule has 0 aromatic heterocycles. The molecule has 1 fully saturated rings. The molecule has 0 amide bonds. The molecular weight excluding hydrogens is 262 g/mol. The third kappa shape index (κ3) is 3.41. The Morgan fingerprint density at radius 1 is 1.42 bits per heavy atom. The molecule has 1 N–H and O–H groups in total. The minimum atomic E-state index is 0.112. The van der Waals surface area contributed by atoms with E-state index in [2.05, 4.69) is 5.32 Å². The van der Waals surface area contributed by atoms with Gasteiger partial charge in [0.15, 0.2) is 0 Å². The highest BCUT2D eigenvalue weighted by Gasteiger charge is 2.38. The van der Waals surface area contributed by atoms with Gasteiger partial charge in [0, 0.05) is 17.2 Å². The van der Waals surface area contributed by atoms with Crippen molar-refractivity contribution in [3.05, 3.63) is 28.8 Å². The predicted molar refractivity (Wildman–Crippen MR) is 77.9 cm³/mol. The van der Waals surface area contributed by atoms with E-state index in [1.807, 2.05) is 32.2 Å². The second-order valence-electron chi connectivity index (χ2n) is 4.91. The number of methoxy groups -OCH3 is 1. The van der Waals surface area contributed by atoms with Gasteiger partial charge >= 0.3 is 0 Å². The highest BCUT2D eigenvalue weighted by atomic mass is 35.5. The maximum Gasteiger partial charge on any atom is 0.123 e. The van der Waals surface area contributed by atoms with Gasteiger partial charge in [-0.25, -0.2) is 0 Å².